The molecule has 0 spiro atoms. The van der Waals surface area contributed by atoms with Crippen molar-refractivity contribution in [1.29, 1.82) is 0 Å². The first-order valence-corrected chi connectivity index (χ1v) is 9.71. The Morgan fingerprint density at radius 3 is 2.54 bits per heavy atom. The van der Waals surface area contributed by atoms with E-state index in [-0.39, 0.29) is 11.7 Å². The smallest absolute Gasteiger partial charge is 0.291 e. The molecule has 1 amide bonds. The van der Waals surface area contributed by atoms with Crippen LogP contribution in [0.5, 0.6) is 0 Å². The van der Waals surface area contributed by atoms with E-state index in [0.29, 0.717) is 10.8 Å². The zero-order chi connectivity index (χ0) is 19.5. The molecule has 0 atom stereocenters. The van der Waals surface area contributed by atoms with Crippen molar-refractivity contribution >= 4 is 28.9 Å². The van der Waals surface area contributed by atoms with Crippen LogP contribution in [0.15, 0.2) is 59.0 Å². The van der Waals surface area contributed by atoms with Crippen molar-refractivity contribution in [3.63, 3.8) is 0 Å². The Morgan fingerprint density at radius 1 is 1.07 bits per heavy atom. The molecule has 3 aromatic rings. The number of aryl methyl sites for hydroxylation is 1. The SMILES string of the molecule is Cc1cc(Cl)ccc1-c1ccc(C(=O)Nc2ccc(N3CCNCC3)cc2)o1. The van der Waals surface area contributed by atoms with Gasteiger partial charge in [0.25, 0.3) is 5.91 Å². The minimum atomic E-state index is -0.271. The summed E-state index contributed by atoms with van der Waals surface area (Å²) in [6.07, 6.45) is 0. The van der Waals surface area contributed by atoms with E-state index in [0.717, 1.165) is 48.7 Å². The number of carbonyl (C=O) groups excluding carboxylic acids is 1. The largest absolute Gasteiger partial charge is 0.451 e. The fraction of sp³-hybridized carbons (Fsp3) is 0.227. The molecule has 2 N–H and O–H groups in total. The van der Waals surface area contributed by atoms with E-state index in [1.165, 1.54) is 0 Å². The molecule has 1 saturated heterocycles. The third-order valence-electron chi connectivity index (χ3n) is 4.89. The van der Waals surface area contributed by atoms with E-state index in [4.69, 9.17) is 16.0 Å². The lowest BCUT2D eigenvalue weighted by atomic mass is 10.1. The van der Waals surface area contributed by atoms with Gasteiger partial charge in [-0.1, -0.05) is 11.6 Å². The summed E-state index contributed by atoms with van der Waals surface area (Å²) in [5.74, 6) is 0.650. The fourth-order valence-corrected chi connectivity index (χ4v) is 3.61. The topological polar surface area (TPSA) is 57.5 Å². The Kier molecular flexibility index (Phi) is 5.37. The minimum Gasteiger partial charge on any atom is -0.451 e. The Morgan fingerprint density at radius 2 is 1.82 bits per heavy atom. The summed E-state index contributed by atoms with van der Waals surface area (Å²) >= 11 is 6.01. The van der Waals surface area contributed by atoms with Crippen molar-refractivity contribution in [2.45, 2.75) is 6.92 Å². The number of furan rings is 1. The number of piperazine rings is 1. The Balaban J connectivity index is 1.44. The number of halogens is 1. The number of nitrogens with one attached hydrogen (secondary N) is 2. The molecule has 0 unspecified atom stereocenters. The van der Waals surface area contributed by atoms with Gasteiger partial charge in [-0.2, -0.15) is 0 Å². The van der Waals surface area contributed by atoms with Gasteiger partial charge in [0.1, 0.15) is 5.76 Å². The Labute approximate surface area is 169 Å². The molecule has 6 heteroatoms. The normalized spacial score (nSPS) is 14.1. The van der Waals surface area contributed by atoms with E-state index < -0.39 is 0 Å². The van der Waals surface area contributed by atoms with E-state index in [1.54, 1.807) is 12.1 Å². The summed E-state index contributed by atoms with van der Waals surface area (Å²) in [5, 5.41) is 6.91. The quantitative estimate of drug-likeness (QED) is 0.679. The summed E-state index contributed by atoms with van der Waals surface area (Å²) < 4.78 is 5.77. The zero-order valence-electron chi connectivity index (χ0n) is 15.7. The van der Waals surface area contributed by atoms with Crippen LogP contribution in [0.3, 0.4) is 0 Å². The highest BCUT2D eigenvalue weighted by Gasteiger charge is 2.15. The molecule has 1 aliphatic rings. The molecule has 1 aromatic heterocycles. The van der Waals surface area contributed by atoms with E-state index in [9.17, 15) is 4.79 Å². The standard InChI is InChI=1S/C22H22ClN3O2/c1-15-14-16(23)2-7-19(15)20-8-9-21(28-20)22(27)25-17-3-5-18(6-4-17)26-12-10-24-11-13-26/h2-9,14,24H,10-13H2,1H3,(H,25,27). The fourth-order valence-electron chi connectivity index (χ4n) is 3.38. The molecule has 0 aliphatic carbocycles. The van der Waals surface area contributed by atoms with Crippen molar-refractivity contribution in [2.75, 3.05) is 36.4 Å². The van der Waals surface area contributed by atoms with Crippen molar-refractivity contribution in [1.82, 2.24) is 5.32 Å². The molecule has 28 heavy (non-hydrogen) atoms. The van der Waals surface area contributed by atoms with E-state index in [2.05, 4.69) is 15.5 Å². The van der Waals surface area contributed by atoms with Gasteiger partial charge in [-0.25, -0.2) is 0 Å². The summed E-state index contributed by atoms with van der Waals surface area (Å²) in [6, 6.07) is 17.0. The van der Waals surface area contributed by atoms with Crippen LogP contribution in [0.1, 0.15) is 16.1 Å². The average Bonchev–Trinajstić information content (AvgIpc) is 3.19. The molecule has 4 rings (SSSR count). The first-order valence-electron chi connectivity index (χ1n) is 9.33. The van der Waals surface area contributed by atoms with Crippen LogP contribution >= 0.6 is 11.6 Å². The predicted octanol–water partition coefficient (Wildman–Crippen LogP) is 4.57. The number of hydrogen-bond acceptors (Lipinski definition) is 4. The molecule has 2 heterocycles. The highest BCUT2D eigenvalue weighted by atomic mass is 35.5. The van der Waals surface area contributed by atoms with Crippen molar-refractivity contribution in [3.05, 3.63) is 70.9 Å². The minimum absolute atomic E-state index is 0.271. The maximum absolute atomic E-state index is 12.5. The molecule has 0 radical (unpaired) electrons. The number of benzene rings is 2. The maximum Gasteiger partial charge on any atom is 0.291 e. The number of nitrogens with zero attached hydrogens (tertiary/aromatic N) is 1. The second-order valence-corrected chi connectivity index (χ2v) is 7.30. The number of carbonyl (C=O) groups is 1. The van der Waals surface area contributed by atoms with Gasteiger partial charge in [-0.3, -0.25) is 4.79 Å². The van der Waals surface area contributed by atoms with E-state index >= 15 is 0 Å². The predicted molar refractivity (Wildman–Crippen MR) is 113 cm³/mol. The van der Waals surface area contributed by atoms with Gasteiger partial charge in [-0.15, -0.1) is 0 Å². The van der Waals surface area contributed by atoms with Crippen LogP contribution in [0.25, 0.3) is 11.3 Å². The first-order chi connectivity index (χ1) is 13.6. The summed E-state index contributed by atoms with van der Waals surface area (Å²) in [4.78, 5) is 14.9. The number of rotatable bonds is 4. The molecule has 5 nitrogen and oxygen atoms in total. The van der Waals surface area contributed by atoms with Crippen LogP contribution in [0, 0.1) is 6.92 Å². The van der Waals surface area contributed by atoms with Crippen LogP contribution in [0.2, 0.25) is 5.02 Å². The first kappa shape index (κ1) is 18.6. The Hall–Kier alpha value is -2.76. The Bertz CT molecular complexity index is 976. The van der Waals surface area contributed by atoms with E-state index in [1.807, 2.05) is 49.4 Å². The molecule has 2 aromatic carbocycles. The van der Waals surface area contributed by atoms with Crippen LogP contribution in [0.4, 0.5) is 11.4 Å². The highest BCUT2D eigenvalue weighted by Crippen LogP contribution is 2.28. The van der Waals surface area contributed by atoms with Gasteiger partial charge in [0.05, 0.1) is 0 Å². The van der Waals surface area contributed by atoms with Gasteiger partial charge in [0.15, 0.2) is 5.76 Å². The number of anilines is 2. The molecule has 144 valence electrons. The average molecular weight is 396 g/mol. The zero-order valence-corrected chi connectivity index (χ0v) is 16.4. The monoisotopic (exact) mass is 395 g/mol. The van der Waals surface area contributed by atoms with Gasteiger partial charge in [0.2, 0.25) is 0 Å². The van der Waals surface area contributed by atoms with Crippen molar-refractivity contribution < 1.29 is 9.21 Å². The maximum atomic E-state index is 12.5. The van der Waals surface area contributed by atoms with Crippen LogP contribution in [-0.4, -0.2) is 32.1 Å². The summed E-state index contributed by atoms with van der Waals surface area (Å²) in [6.45, 7) is 5.93. The molecule has 1 aliphatic heterocycles. The third kappa shape index (κ3) is 4.06. The molecular weight excluding hydrogens is 374 g/mol. The lowest BCUT2D eigenvalue weighted by molar-refractivity contribution is 0.0997. The number of hydrogen-bond donors (Lipinski definition) is 2. The second kappa shape index (κ2) is 8.09. The molecule has 0 bridgehead atoms. The van der Waals surface area contributed by atoms with Gasteiger partial charge < -0.3 is 20.0 Å². The molecule has 0 saturated carbocycles. The highest BCUT2D eigenvalue weighted by molar-refractivity contribution is 6.30. The second-order valence-electron chi connectivity index (χ2n) is 6.86. The van der Waals surface area contributed by atoms with Crippen LogP contribution in [-0.2, 0) is 0 Å². The van der Waals surface area contributed by atoms with Gasteiger partial charge in [0, 0.05) is 48.1 Å². The van der Waals surface area contributed by atoms with Crippen molar-refractivity contribution in [2.24, 2.45) is 0 Å². The van der Waals surface area contributed by atoms with Crippen LogP contribution < -0.4 is 15.5 Å². The lowest BCUT2D eigenvalue weighted by Gasteiger charge is -2.29. The third-order valence-corrected chi connectivity index (χ3v) is 5.13. The van der Waals surface area contributed by atoms with Gasteiger partial charge >= 0.3 is 0 Å². The lowest BCUT2D eigenvalue weighted by Crippen LogP contribution is -2.43. The van der Waals surface area contributed by atoms with Gasteiger partial charge in [-0.05, 0) is 67.1 Å². The number of amides is 1. The van der Waals surface area contributed by atoms with Crippen molar-refractivity contribution in [3.8, 4) is 11.3 Å². The molecular formula is C22H22ClN3O2. The molecule has 1 fully saturated rings. The summed E-state index contributed by atoms with van der Waals surface area (Å²) in [7, 11) is 0. The summed E-state index contributed by atoms with van der Waals surface area (Å²) in [5.41, 5.74) is 3.82.